The zero-order valence-electron chi connectivity index (χ0n) is 5.43. The molecular weight excluding hydrogens is 132 g/mol. The van der Waals surface area contributed by atoms with Gasteiger partial charge in [-0.15, -0.1) is 0 Å². The molecule has 0 unspecified atom stereocenters. The van der Waals surface area contributed by atoms with Crippen molar-refractivity contribution in [3.63, 3.8) is 0 Å². The summed E-state index contributed by atoms with van der Waals surface area (Å²) in [6, 6.07) is 0. The van der Waals surface area contributed by atoms with Gasteiger partial charge in [0.1, 0.15) is 0 Å². The number of thioether (sulfide) groups is 1. The molecule has 0 aromatic rings. The zero-order chi connectivity index (χ0) is 6.53. The third-order valence-corrected chi connectivity index (χ3v) is 2.67. The first-order valence-electron chi connectivity index (χ1n) is 3.46. The average Bonchev–Trinajstić information content (AvgIpc) is 1.91. The molecule has 1 fully saturated rings. The maximum Gasteiger partial charge on any atom is 0.266 e. The number of rotatable bonds is 2. The van der Waals surface area contributed by atoms with Gasteiger partial charge in [0.2, 0.25) is 0 Å². The van der Waals surface area contributed by atoms with Crippen molar-refractivity contribution >= 4 is 17.4 Å². The zero-order valence-corrected chi connectivity index (χ0v) is 6.25. The molecule has 1 radical (unpaired) electrons. The van der Waals surface area contributed by atoms with Crippen LogP contribution in [0.1, 0.15) is 32.1 Å². The van der Waals surface area contributed by atoms with Crippen LogP contribution in [0.15, 0.2) is 0 Å². The standard InChI is InChI=1S/C7H11OS/c8-6-9-7-4-2-1-3-5-7/h7H,1-5H2. The maximum absolute atomic E-state index is 9.91. The molecule has 1 saturated carbocycles. The quantitative estimate of drug-likeness (QED) is 0.589. The predicted octanol–water partition coefficient (Wildman–Crippen LogP) is 2.12. The minimum absolute atomic E-state index is 0.594. The molecule has 0 saturated heterocycles. The molecule has 0 aromatic heterocycles. The van der Waals surface area contributed by atoms with Crippen molar-refractivity contribution in [1.82, 2.24) is 0 Å². The van der Waals surface area contributed by atoms with Crippen LogP contribution < -0.4 is 0 Å². The third kappa shape index (κ3) is 2.39. The lowest BCUT2D eigenvalue weighted by Crippen LogP contribution is -2.07. The molecule has 0 spiro atoms. The van der Waals surface area contributed by atoms with Crippen LogP contribution in [0.3, 0.4) is 0 Å². The van der Waals surface area contributed by atoms with Crippen molar-refractivity contribution in [3.8, 4) is 0 Å². The Labute approximate surface area is 60.2 Å². The maximum atomic E-state index is 9.91. The first-order valence-corrected chi connectivity index (χ1v) is 4.34. The van der Waals surface area contributed by atoms with Crippen molar-refractivity contribution in [2.75, 3.05) is 0 Å². The molecule has 2 heteroatoms. The molecule has 0 aliphatic heterocycles. The van der Waals surface area contributed by atoms with Gasteiger partial charge in [-0.2, -0.15) is 0 Å². The Bertz CT molecular complexity index is 86.9. The Morgan fingerprint density at radius 2 is 1.89 bits per heavy atom. The summed E-state index contributed by atoms with van der Waals surface area (Å²) in [4.78, 5) is 9.91. The molecule has 1 rings (SSSR count). The second-order valence-corrected chi connectivity index (χ2v) is 3.53. The van der Waals surface area contributed by atoms with Crippen LogP contribution in [0, 0.1) is 0 Å². The largest absolute Gasteiger partial charge is 0.277 e. The van der Waals surface area contributed by atoms with Gasteiger partial charge < -0.3 is 0 Å². The summed E-state index contributed by atoms with van der Waals surface area (Å²) in [6.45, 7) is 0. The smallest absolute Gasteiger partial charge is 0.266 e. The Kier molecular flexibility index (Phi) is 3.12. The lowest BCUT2D eigenvalue weighted by molar-refractivity contribution is 0.516. The van der Waals surface area contributed by atoms with Gasteiger partial charge in [-0.3, -0.25) is 4.79 Å². The van der Waals surface area contributed by atoms with Gasteiger partial charge in [0.05, 0.1) is 0 Å². The van der Waals surface area contributed by atoms with E-state index in [4.69, 9.17) is 0 Å². The summed E-state index contributed by atoms with van der Waals surface area (Å²) < 4.78 is 0. The Balaban J connectivity index is 2.15. The number of hydrogen-bond acceptors (Lipinski definition) is 2. The van der Waals surface area contributed by atoms with Crippen LogP contribution in [0.4, 0.5) is 0 Å². The van der Waals surface area contributed by atoms with Crippen molar-refractivity contribution in [3.05, 3.63) is 0 Å². The number of hydrogen-bond donors (Lipinski definition) is 0. The molecule has 0 amide bonds. The monoisotopic (exact) mass is 143 g/mol. The van der Waals surface area contributed by atoms with Crippen LogP contribution in [-0.4, -0.2) is 10.9 Å². The molecule has 0 N–H and O–H groups in total. The summed E-state index contributed by atoms with van der Waals surface area (Å²) >= 11 is 1.35. The fourth-order valence-electron chi connectivity index (χ4n) is 1.25. The molecule has 0 atom stereocenters. The average molecular weight is 143 g/mol. The summed E-state index contributed by atoms with van der Waals surface area (Å²) in [7, 11) is 0. The predicted molar refractivity (Wildman–Crippen MR) is 40.2 cm³/mol. The van der Waals surface area contributed by atoms with Gasteiger partial charge in [0.25, 0.3) is 5.62 Å². The molecule has 0 bridgehead atoms. The van der Waals surface area contributed by atoms with E-state index in [1.165, 1.54) is 43.9 Å². The van der Waals surface area contributed by atoms with Crippen LogP contribution in [-0.2, 0) is 4.79 Å². The Hall–Kier alpha value is 0.0200. The van der Waals surface area contributed by atoms with Crippen LogP contribution in [0.5, 0.6) is 0 Å². The topological polar surface area (TPSA) is 17.1 Å². The Morgan fingerprint density at radius 1 is 1.22 bits per heavy atom. The first-order chi connectivity index (χ1) is 4.43. The summed E-state index contributed by atoms with van der Waals surface area (Å²) in [5.41, 5.74) is 1.90. The van der Waals surface area contributed by atoms with E-state index in [9.17, 15) is 4.79 Å². The molecule has 1 aliphatic rings. The van der Waals surface area contributed by atoms with E-state index in [0.717, 1.165) is 0 Å². The lowest BCUT2D eigenvalue weighted by Gasteiger charge is -2.17. The van der Waals surface area contributed by atoms with E-state index in [1.54, 1.807) is 0 Å². The van der Waals surface area contributed by atoms with Crippen molar-refractivity contribution in [1.29, 1.82) is 0 Å². The summed E-state index contributed by atoms with van der Waals surface area (Å²) in [6.07, 6.45) is 6.41. The van der Waals surface area contributed by atoms with E-state index in [2.05, 4.69) is 0 Å². The van der Waals surface area contributed by atoms with Gasteiger partial charge in [-0.1, -0.05) is 31.0 Å². The minimum Gasteiger partial charge on any atom is -0.277 e. The fraction of sp³-hybridized carbons (Fsp3) is 0.857. The first kappa shape index (κ1) is 7.13. The molecule has 51 valence electrons. The molecular formula is C7H11OS. The normalized spacial score (nSPS) is 21.8. The van der Waals surface area contributed by atoms with Gasteiger partial charge >= 0.3 is 0 Å². The van der Waals surface area contributed by atoms with E-state index in [1.807, 2.05) is 5.62 Å². The SMILES string of the molecule is O=[C]SC1CCCCC1. The molecule has 9 heavy (non-hydrogen) atoms. The van der Waals surface area contributed by atoms with Crippen LogP contribution in [0.25, 0.3) is 0 Å². The van der Waals surface area contributed by atoms with Crippen molar-refractivity contribution in [2.24, 2.45) is 0 Å². The minimum atomic E-state index is 0.594. The highest BCUT2D eigenvalue weighted by molar-refractivity contribution is 8.12. The fourth-order valence-corrected chi connectivity index (χ4v) is 1.96. The van der Waals surface area contributed by atoms with Gasteiger partial charge in [0, 0.05) is 5.25 Å². The van der Waals surface area contributed by atoms with E-state index in [0.29, 0.717) is 5.25 Å². The highest BCUT2D eigenvalue weighted by Gasteiger charge is 2.12. The summed E-state index contributed by atoms with van der Waals surface area (Å²) in [5, 5.41) is 0.594. The number of carbonyl (C=O) groups excluding carboxylic acids is 1. The van der Waals surface area contributed by atoms with Gasteiger partial charge in [0.15, 0.2) is 0 Å². The Morgan fingerprint density at radius 3 is 2.44 bits per heavy atom. The second kappa shape index (κ2) is 3.94. The van der Waals surface area contributed by atoms with Gasteiger partial charge in [-0.05, 0) is 12.8 Å². The lowest BCUT2D eigenvalue weighted by atomic mass is 10.0. The van der Waals surface area contributed by atoms with Crippen LogP contribution >= 0.6 is 11.8 Å². The molecule has 0 aromatic carbocycles. The second-order valence-electron chi connectivity index (χ2n) is 2.46. The molecule has 0 heterocycles. The van der Waals surface area contributed by atoms with E-state index in [-0.39, 0.29) is 0 Å². The molecule has 1 aliphatic carbocycles. The van der Waals surface area contributed by atoms with Crippen LogP contribution in [0.2, 0.25) is 0 Å². The highest BCUT2D eigenvalue weighted by Crippen LogP contribution is 2.26. The third-order valence-electron chi connectivity index (χ3n) is 1.77. The summed E-state index contributed by atoms with van der Waals surface area (Å²) in [5.74, 6) is 0. The van der Waals surface area contributed by atoms with Crippen molar-refractivity contribution < 1.29 is 4.79 Å². The highest BCUT2D eigenvalue weighted by atomic mass is 32.2. The van der Waals surface area contributed by atoms with Gasteiger partial charge in [-0.25, -0.2) is 0 Å². The molecule has 1 nitrogen and oxygen atoms in total. The van der Waals surface area contributed by atoms with E-state index < -0.39 is 0 Å². The van der Waals surface area contributed by atoms with Crippen molar-refractivity contribution in [2.45, 2.75) is 37.4 Å². The van der Waals surface area contributed by atoms with E-state index >= 15 is 0 Å².